The zero-order chi connectivity index (χ0) is 13.7. The summed E-state index contributed by atoms with van der Waals surface area (Å²) in [5.41, 5.74) is 0. The molecular formula is C14H26N2O3. The summed E-state index contributed by atoms with van der Waals surface area (Å²) in [4.78, 5) is 16.6. The van der Waals surface area contributed by atoms with Crippen LogP contribution >= 0.6 is 0 Å². The van der Waals surface area contributed by atoms with Crippen molar-refractivity contribution in [1.29, 1.82) is 0 Å². The van der Waals surface area contributed by atoms with Crippen LogP contribution in [-0.2, 0) is 14.3 Å². The number of amides is 1. The van der Waals surface area contributed by atoms with Crippen molar-refractivity contribution in [2.75, 3.05) is 46.5 Å². The fraction of sp³-hybridized carbons (Fsp3) is 0.929. The van der Waals surface area contributed by atoms with E-state index in [9.17, 15) is 4.79 Å². The smallest absolute Gasteiger partial charge is 0.248 e. The predicted molar refractivity (Wildman–Crippen MR) is 73.1 cm³/mol. The first kappa shape index (κ1) is 14.8. The van der Waals surface area contributed by atoms with Gasteiger partial charge in [0.05, 0.1) is 6.10 Å². The molecule has 0 unspecified atom stereocenters. The Morgan fingerprint density at radius 2 is 2.05 bits per heavy atom. The number of nitrogens with zero attached hydrogens (tertiary/aromatic N) is 2. The quantitative estimate of drug-likeness (QED) is 0.714. The summed E-state index contributed by atoms with van der Waals surface area (Å²) in [5.74, 6) is 0.102. The fourth-order valence-electron chi connectivity index (χ4n) is 3.06. The molecule has 0 aromatic rings. The second kappa shape index (κ2) is 7.22. The van der Waals surface area contributed by atoms with Gasteiger partial charge in [0.2, 0.25) is 5.91 Å². The first-order valence-electron chi connectivity index (χ1n) is 7.37. The lowest BCUT2D eigenvalue weighted by molar-refractivity contribution is -0.137. The number of methoxy groups -OCH3 is 1. The van der Waals surface area contributed by atoms with E-state index >= 15 is 0 Å². The summed E-state index contributed by atoms with van der Waals surface area (Å²) in [6.07, 6.45) is 3.70. The molecule has 2 atom stereocenters. The van der Waals surface area contributed by atoms with Crippen LogP contribution in [0, 0.1) is 0 Å². The molecule has 0 aromatic carbocycles. The van der Waals surface area contributed by atoms with Gasteiger partial charge in [0.25, 0.3) is 0 Å². The summed E-state index contributed by atoms with van der Waals surface area (Å²) in [6, 6.07) is 0.288. The van der Waals surface area contributed by atoms with Crippen LogP contribution in [0.2, 0.25) is 0 Å². The molecule has 0 aliphatic carbocycles. The van der Waals surface area contributed by atoms with Gasteiger partial charge in [-0.3, -0.25) is 4.79 Å². The Morgan fingerprint density at radius 1 is 1.32 bits per heavy atom. The van der Waals surface area contributed by atoms with Gasteiger partial charge in [-0.25, -0.2) is 0 Å². The zero-order valence-corrected chi connectivity index (χ0v) is 12.1. The topological polar surface area (TPSA) is 42.0 Å². The maximum Gasteiger partial charge on any atom is 0.248 e. The largest absolute Gasteiger partial charge is 0.380 e. The maximum atomic E-state index is 12.2. The van der Waals surface area contributed by atoms with Crippen LogP contribution in [0.5, 0.6) is 0 Å². The van der Waals surface area contributed by atoms with Gasteiger partial charge >= 0.3 is 0 Å². The van der Waals surface area contributed by atoms with Crippen molar-refractivity contribution in [3.8, 4) is 0 Å². The molecular weight excluding hydrogens is 244 g/mol. The van der Waals surface area contributed by atoms with Gasteiger partial charge in [-0.05, 0) is 39.3 Å². The molecule has 2 rings (SSSR count). The molecule has 0 N–H and O–H groups in total. The van der Waals surface area contributed by atoms with Crippen molar-refractivity contribution in [3.05, 3.63) is 0 Å². The molecule has 0 bridgehead atoms. The third-order valence-corrected chi connectivity index (χ3v) is 4.13. The van der Waals surface area contributed by atoms with Gasteiger partial charge in [0.15, 0.2) is 0 Å². The van der Waals surface area contributed by atoms with E-state index in [1.807, 2.05) is 11.8 Å². The predicted octanol–water partition coefficient (Wildman–Crippen LogP) is 0.735. The third kappa shape index (κ3) is 3.91. The van der Waals surface area contributed by atoms with Crippen molar-refractivity contribution >= 4 is 5.91 Å². The molecule has 110 valence electrons. The Morgan fingerprint density at radius 3 is 2.68 bits per heavy atom. The van der Waals surface area contributed by atoms with Crippen LogP contribution in [0.3, 0.4) is 0 Å². The van der Waals surface area contributed by atoms with E-state index in [1.54, 1.807) is 7.11 Å². The monoisotopic (exact) mass is 270 g/mol. The molecule has 5 nitrogen and oxygen atoms in total. The summed E-state index contributed by atoms with van der Waals surface area (Å²) < 4.78 is 10.7. The maximum absolute atomic E-state index is 12.2. The lowest BCUT2D eigenvalue weighted by atomic mass is 10.2. The number of carbonyl (C=O) groups excluding carboxylic acids is 1. The minimum atomic E-state index is 0.102. The van der Waals surface area contributed by atoms with E-state index in [0.29, 0.717) is 13.2 Å². The first-order chi connectivity index (χ1) is 9.24. The van der Waals surface area contributed by atoms with Crippen LogP contribution in [-0.4, -0.2) is 74.4 Å². The Kier molecular flexibility index (Phi) is 5.60. The highest BCUT2D eigenvalue weighted by Gasteiger charge is 2.36. The summed E-state index contributed by atoms with van der Waals surface area (Å²) in [6.45, 7) is 6.73. The molecule has 19 heavy (non-hydrogen) atoms. The average molecular weight is 270 g/mol. The third-order valence-electron chi connectivity index (χ3n) is 4.13. The van der Waals surface area contributed by atoms with Crippen LogP contribution in [0.15, 0.2) is 0 Å². The number of rotatable bonds is 6. The van der Waals surface area contributed by atoms with Gasteiger partial charge in [0.1, 0.15) is 6.61 Å². The molecule has 2 aliphatic rings. The second-order valence-corrected chi connectivity index (χ2v) is 5.44. The number of hydrogen-bond donors (Lipinski definition) is 0. The summed E-state index contributed by atoms with van der Waals surface area (Å²) >= 11 is 0. The van der Waals surface area contributed by atoms with E-state index in [-0.39, 0.29) is 24.7 Å². The van der Waals surface area contributed by atoms with Crippen molar-refractivity contribution in [2.45, 2.75) is 38.3 Å². The van der Waals surface area contributed by atoms with Gasteiger partial charge in [-0.2, -0.15) is 0 Å². The SMILES string of the molecule is CCOCC(=O)N1C[C@@H](OC)C[C@H]1CN1CCCC1. The Labute approximate surface area is 115 Å². The molecule has 2 heterocycles. The van der Waals surface area contributed by atoms with Gasteiger partial charge in [-0.15, -0.1) is 0 Å². The normalized spacial score (nSPS) is 28.2. The van der Waals surface area contributed by atoms with Crippen molar-refractivity contribution < 1.29 is 14.3 Å². The Hall–Kier alpha value is -0.650. The minimum absolute atomic E-state index is 0.102. The van der Waals surface area contributed by atoms with Gasteiger partial charge < -0.3 is 19.3 Å². The molecule has 5 heteroatoms. The van der Waals surface area contributed by atoms with E-state index in [0.717, 1.165) is 13.0 Å². The van der Waals surface area contributed by atoms with E-state index in [1.165, 1.54) is 25.9 Å². The molecule has 2 saturated heterocycles. The van der Waals surface area contributed by atoms with Crippen molar-refractivity contribution in [2.24, 2.45) is 0 Å². The van der Waals surface area contributed by atoms with Crippen LogP contribution < -0.4 is 0 Å². The molecule has 1 amide bonds. The van der Waals surface area contributed by atoms with Gasteiger partial charge in [-0.1, -0.05) is 0 Å². The number of hydrogen-bond acceptors (Lipinski definition) is 4. The summed E-state index contributed by atoms with van der Waals surface area (Å²) in [7, 11) is 1.73. The van der Waals surface area contributed by atoms with Crippen molar-refractivity contribution in [1.82, 2.24) is 9.80 Å². The summed E-state index contributed by atoms with van der Waals surface area (Å²) in [5, 5.41) is 0. The minimum Gasteiger partial charge on any atom is -0.380 e. The molecule has 0 aromatic heterocycles. The Bertz CT molecular complexity index is 292. The molecule has 0 spiro atoms. The Balaban J connectivity index is 1.90. The number of ether oxygens (including phenoxy) is 2. The molecule has 0 radical (unpaired) electrons. The second-order valence-electron chi connectivity index (χ2n) is 5.44. The zero-order valence-electron chi connectivity index (χ0n) is 12.1. The van der Waals surface area contributed by atoms with Crippen LogP contribution in [0.25, 0.3) is 0 Å². The van der Waals surface area contributed by atoms with E-state index in [4.69, 9.17) is 9.47 Å². The van der Waals surface area contributed by atoms with E-state index in [2.05, 4.69) is 4.90 Å². The molecule has 2 aliphatic heterocycles. The average Bonchev–Trinajstić information content (AvgIpc) is 3.06. The molecule has 2 fully saturated rings. The van der Waals surface area contributed by atoms with E-state index < -0.39 is 0 Å². The standard InChI is InChI=1S/C14H26N2O3/c1-3-19-11-14(17)16-10-13(18-2)8-12(16)9-15-6-4-5-7-15/h12-13H,3-11H2,1-2H3/t12-,13-/m0/s1. The lowest BCUT2D eigenvalue weighted by Gasteiger charge is -2.28. The number of carbonyl (C=O) groups is 1. The van der Waals surface area contributed by atoms with Crippen molar-refractivity contribution in [3.63, 3.8) is 0 Å². The lowest BCUT2D eigenvalue weighted by Crippen LogP contribution is -2.44. The highest BCUT2D eigenvalue weighted by atomic mass is 16.5. The highest BCUT2D eigenvalue weighted by Crippen LogP contribution is 2.22. The highest BCUT2D eigenvalue weighted by molar-refractivity contribution is 5.78. The molecule has 0 saturated carbocycles. The van der Waals surface area contributed by atoms with Gasteiger partial charge in [0, 0.05) is 32.8 Å². The van der Waals surface area contributed by atoms with Crippen LogP contribution in [0.1, 0.15) is 26.2 Å². The van der Waals surface area contributed by atoms with Crippen LogP contribution in [0.4, 0.5) is 0 Å². The number of likely N-dealkylation sites (tertiary alicyclic amines) is 2. The fourth-order valence-corrected chi connectivity index (χ4v) is 3.06. The first-order valence-corrected chi connectivity index (χ1v) is 7.37.